The summed E-state index contributed by atoms with van der Waals surface area (Å²) in [5, 5.41) is 15.6. The molecule has 0 aromatic heterocycles. The number of imide groups is 1. The number of unbranched alkanes of at least 4 members (excludes halogenated alkanes) is 1. The fourth-order valence-electron chi connectivity index (χ4n) is 3.04. The Morgan fingerprint density at radius 2 is 1.59 bits per heavy atom. The number of hydrogen-bond acceptors (Lipinski definition) is 9. The largest absolute Gasteiger partial charge is 0.450 e. The Kier molecular flexibility index (Phi) is 19.5. The molecular formula is C22H41BIN6O8P. The van der Waals surface area contributed by atoms with E-state index in [4.69, 9.17) is 9.47 Å². The molecule has 0 saturated carbocycles. The Bertz CT molecular complexity index is 838. The number of ether oxygens (including phenoxy) is 2. The van der Waals surface area contributed by atoms with Crippen molar-refractivity contribution in [3.63, 3.8) is 0 Å². The molecule has 17 heteroatoms. The van der Waals surface area contributed by atoms with Crippen LogP contribution in [0, 0.1) is 5.92 Å². The van der Waals surface area contributed by atoms with E-state index in [1.54, 1.807) is 34.6 Å². The van der Waals surface area contributed by atoms with Crippen molar-refractivity contribution in [2.75, 3.05) is 19.8 Å². The number of carbonyl (C=O) groups excluding carboxylic acids is 6. The molecular weight excluding hydrogens is 645 g/mol. The summed E-state index contributed by atoms with van der Waals surface area (Å²) in [6, 6.07) is -1.16. The van der Waals surface area contributed by atoms with Gasteiger partial charge >= 0.3 is 16.6 Å². The molecule has 0 radical (unpaired) electrons. The highest BCUT2D eigenvalue weighted by molar-refractivity contribution is 14.1. The topological polar surface area (TPSA) is 193 Å². The normalized spacial score (nSPS) is 15.6. The standard InChI is InChI=1S/C18H34N4O6.C4H7BIN2O2P/c1-6-27-17(25)19-11-9-8-10-14(22-18(26)28-7-2)16(24)21-13(5)20-15(23)12(3)4;6-5(11)8-2-1-3(9)7-4(2)10/h12-14H,6-11H2,1-5H3,(H,19,25)(H,20,23)(H,21,24)(H,22,26);2,8H,1,11H2,(H,7,9,10). The van der Waals surface area contributed by atoms with Gasteiger partial charge in [0.25, 0.3) is 0 Å². The summed E-state index contributed by atoms with van der Waals surface area (Å²) in [5.74, 6) is -1.25. The van der Waals surface area contributed by atoms with E-state index in [9.17, 15) is 28.8 Å². The molecule has 0 spiro atoms. The van der Waals surface area contributed by atoms with Crippen LogP contribution in [0.4, 0.5) is 9.59 Å². The Morgan fingerprint density at radius 3 is 2.10 bits per heavy atom. The fourth-order valence-corrected chi connectivity index (χ4v) is 3.71. The van der Waals surface area contributed by atoms with Crippen LogP contribution in [0.25, 0.3) is 0 Å². The second kappa shape index (κ2) is 20.7. The molecule has 1 aliphatic rings. The van der Waals surface area contributed by atoms with Gasteiger partial charge in [0.05, 0.1) is 31.8 Å². The van der Waals surface area contributed by atoms with E-state index in [-0.39, 0.29) is 47.1 Å². The van der Waals surface area contributed by atoms with E-state index >= 15 is 0 Å². The van der Waals surface area contributed by atoms with E-state index < -0.39 is 30.3 Å². The van der Waals surface area contributed by atoms with Crippen LogP contribution in [0.5, 0.6) is 0 Å². The summed E-state index contributed by atoms with van der Waals surface area (Å²) in [7, 11) is 2.50. The molecule has 4 atom stereocenters. The quantitative estimate of drug-likeness (QED) is 0.0378. The van der Waals surface area contributed by atoms with Crippen LogP contribution in [0.15, 0.2) is 0 Å². The van der Waals surface area contributed by atoms with Gasteiger partial charge in [-0.3, -0.25) is 24.5 Å². The third-order valence-corrected chi connectivity index (χ3v) is 5.47. The fraction of sp³-hybridized carbons (Fsp3) is 0.727. The average molecular weight is 686 g/mol. The molecule has 222 valence electrons. The minimum atomic E-state index is -0.819. The number of alkyl carbamates (subject to hydrolysis) is 2. The molecule has 1 heterocycles. The number of nitrogens with one attached hydrogen (secondary N) is 6. The summed E-state index contributed by atoms with van der Waals surface area (Å²) >= 11 is 2.11. The van der Waals surface area contributed by atoms with Gasteiger partial charge in [0.15, 0.2) is 0 Å². The SMILES string of the molecule is CCOC(=O)NCCCCC(NC(=O)OCC)C(=O)NC(C)NC(=O)C(C)C.O=C1CC(NB(P)I)C(=O)N1. The van der Waals surface area contributed by atoms with Gasteiger partial charge in [-0.1, -0.05) is 13.8 Å². The van der Waals surface area contributed by atoms with Gasteiger partial charge in [-0.05, 0) is 40.0 Å². The van der Waals surface area contributed by atoms with Crippen molar-refractivity contribution < 1.29 is 38.2 Å². The Balaban J connectivity index is 0.00000108. The summed E-state index contributed by atoms with van der Waals surface area (Å²) in [6.45, 7) is 9.40. The predicted octanol–water partition coefficient (Wildman–Crippen LogP) is 0.538. The van der Waals surface area contributed by atoms with Crippen LogP contribution in [-0.2, 0) is 28.7 Å². The zero-order valence-corrected chi connectivity index (χ0v) is 26.4. The maximum Gasteiger partial charge on any atom is 0.407 e. The van der Waals surface area contributed by atoms with E-state index in [0.717, 1.165) is 0 Å². The molecule has 14 nitrogen and oxygen atoms in total. The average Bonchev–Trinajstić information content (AvgIpc) is 3.14. The number of carbonyl (C=O) groups is 6. The van der Waals surface area contributed by atoms with E-state index in [2.05, 4.69) is 63.3 Å². The van der Waals surface area contributed by atoms with Gasteiger partial charge < -0.3 is 36.0 Å². The van der Waals surface area contributed by atoms with Gasteiger partial charge in [0.2, 0.25) is 23.6 Å². The van der Waals surface area contributed by atoms with E-state index in [1.807, 2.05) is 0 Å². The molecule has 0 bridgehead atoms. The highest BCUT2D eigenvalue weighted by Crippen LogP contribution is 2.07. The lowest BCUT2D eigenvalue weighted by Gasteiger charge is -2.22. The molecule has 6 amide bonds. The first kappa shape index (κ1) is 36.8. The van der Waals surface area contributed by atoms with Crippen molar-refractivity contribution in [3.8, 4) is 0 Å². The lowest BCUT2D eigenvalue weighted by Crippen LogP contribution is -2.54. The monoisotopic (exact) mass is 686 g/mol. The predicted molar refractivity (Wildman–Crippen MR) is 158 cm³/mol. The van der Waals surface area contributed by atoms with Crippen molar-refractivity contribution in [3.05, 3.63) is 0 Å². The molecule has 1 saturated heterocycles. The first-order valence-corrected chi connectivity index (χ1v) is 14.7. The lowest BCUT2D eigenvalue weighted by molar-refractivity contribution is -0.127. The second-order valence-electron chi connectivity index (χ2n) is 8.69. The summed E-state index contributed by atoms with van der Waals surface area (Å²) in [5.41, 5.74) is 0. The van der Waals surface area contributed by atoms with Gasteiger partial charge in [0.1, 0.15) is 6.04 Å². The zero-order chi connectivity index (χ0) is 30.0. The Hall–Kier alpha value is -2.20. The highest BCUT2D eigenvalue weighted by atomic mass is 127. The van der Waals surface area contributed by atoms with Crippen LogP contribution in [-0.4, -0.2) is 78.2 Å². The van der Waals surface area contributed by atoms with Crippen LogP contribution in [0.1, 0.15) is 60.3 Å². The van der Waals surface area contributed by atoms with Crippen molar-refractivity contribution in [1.29, 1.82) is 0 Å². The third-order valence-electron chi connectivity index (χ3n) is 4.92. The minimum Gasteiger partial charge on any atom is -0.450 e. The maximum atomic E-state index is 12.5. The lowest BCUT2D eigenvalue weighted by atomic mass is 10.1. The highest BCUT2D eigenvalue weighted by Gasteiger charge is 2.31. The van der Waals surface area contributed by atoms with Crippen molar-refractivity contribution in [2.45, 2.75) is 78.6 Å². The maximum absolute atomic E-state index is 12.5. The number of halogens is 1. The summed E-state index contributed by atoms with van der Waals surface area (Å²) in [4.78, 5) is 68.7. The Morgan fingerprint density at radius 1 is 1.00 bits per heavy atom. The molecule has 0 aromatic rings. The van der Waals surface area contributed by atoms with E-state index in [0.29, 0.717) is 32.4 Å². The van der Waals surface area contributed by atoms with Gasteiger partial charge in [-0.25, -0.2) is 9.59 Å². The van der Waals surface area contributed by atoms with Crippen LogP contribution >= 0.6 is 31.5 Å². The third kappa shape index (κ3) is 17.9. The molecule has 39 heavy (non-hydrogen) atoms. The van der Waals surface area contributed by atoms with Crippen LogP contribution in [0.3, 0.4) is 0 Å². The van der Waals surface area contributed by atoms with Gasteiger partial charge in [-0.2, -0.15) is 0 Å². The first-order valence-electron chi connectivity index (χ1n) is 12.7. The van der Waals surface area contributed by atoms with Crippen molar-refractivity contribution in [1.82, 2.24) is 31.8 Å². The van der Waals surface area contributed by atoms with Crippen LogP contribution < -0.4 is 31.8 Å². The summed E-state index contributed by atoms with van der Waals surface area (Å²) < 4.78 is 9.71. The van der Waals surface area contributed by atoms with Gasteiger partial charge in [0, 0.05) is 12.5 Å². The molecule has 4 unspecified atom stereocenters. The number of amides is 6. The van der Waals surface area contributed by atoms with Gasteiger partial charge in [-0.15, -0.1) is 31.5 Å². The molecule has 1 fully saturated rings. The number of rotatable bonds is 14. The van der Waals surface area contributed by atoms with Crippen molar-refractivity contribution in [2.24, 2.45) is 5.92 Å². The van der Waals surface area contributed by atoms with Crippen LogP contribution in [0.2, 0.25) is 0 Å². The molecule has 6 N–H and O–H groups in total. The van der Waals surface area contributed by atoms with E-state index in [1.165, 1.54) is 0 Å². The smallest absolute Gasteiger partial charge is 0.407 e. The molecule has 0 aromatic carbocycles. The molecule has 0 aliphatic carbocycles. The second-order valence-corrected chi connectivity index (χ2v) is 12.1. The van der Waals surface area contributed by atoms with Crippen molar-refractivity contribution >= 4 is 71.7 Å². The Labute approximate surface area is 245 Å². The first-order chi connectivity index (χ1) is 18.3. The minimum absolute atomic E-state index is 0.120. The number of hydrogen-bond donors (Lipinski definition) is 6. The molecule has 1 rings (SSSR count). The molecule has 1 aliphatic heterocycles. The summed E-state index contributed by atoms with van der Waals surface area (Å²) in [6.07, 6.45) is 0.0185. The zero-order valence-electron chi connectivity index (χ0n) is 23.1.